The minimum atomic E-state index is -0.118. The summed E-state index contributed by atoms with van der Waals surface area (Å²) >= 11 is 1.69. The Morgan fingerprint density at radius 2 is 2.09 bits per heavy atom. The second-order valence-electron chi connectivity index (χ2n) is 6.41. The Bertz CT molecular complexity index is 498. The van der Waals surface area contributed by atoms with Crippen LogP contribution >= 0.6 is 11.3 Å². The molecule has 1 atom stereocenters. The molecule has 0 saturated heterocycles. The van der Waals surface area contributed by atoms with Crippen LogP contribution in [0.3, 0.4) is 0 Å². The Morgan fingerprint density at radius 3 is 2.70 bits per heavy atom. The quantitative estimate of drug-likeness (QED) is 0.715. The number of carbonyl (C=O) groups is 1. The number of rotatable bonds is 7. The van der Waals surface area contributed by atoms with Crippen LogP contribution in [0.2, 0.25) is 0 Å². The molecule has 1 unspecified atom stereocenters. The van der Waals surface area contributed by atoms with Crippen molar-refractivity contribution >= 4 is 17.4 Å². The summed E-state index contributed by atoms with van der Waals surface area (Å²) in [6.07, 6.45) is 7.54. The van der Waals surface area contributed by atoms with Gasteiger partial charge in [0.05, 0.1) is 10.7 Å². The van der Waals surface area contributed by atoms with Crippen LogP contribution in [0.5, 0.6) is 0 Å². The summed E-state index contributed by atoms with van der Waals surface area (Å²) in [5, 5.41) is 16.3. The van der Waals surface area contributed by atoms with E-state index in [0.29, 0.717) is 18.9 Å². The monoisotopic (exact) mass is 339 g/mol. The zero-order chi connectivity index (χ0) is 16.7. The van der Waals surface area contributed by atoms with E-state index in [0.717, 1.165) is 30.0 Å². The molecule has 23 heavy (non-hydrogen) atoms. The number of nitrogens with one attached hydrogen (secondary N) is 2. The SMILES string of the molecule is Cc1nc(C)c(CCNC(=O)NC(CCO)C2CCCCC2)s1. The van der Waals surface area contributed by atoms with Gasteiger partial charge in [0.25, 0.3) is 0 Å². The third-order valence-corrected chi connectivity index (χ3v) is 5.75. The first-order chi connectivity index (χ1) is 11.1. The molecule has 1 aliphatic carbocycles. The van der Waals surface area contributed by atoms with Gasteiger partial charge in [-0.25, -0.2) is 9.78 Å². The van der Waals surface area contributed by atoms with Crippen LogP contribution in [-0.4, -0.2) is 35.3 Å². The number of aryl methyl sites for hydroxylation is 2. The fourth-order valence-corrected chi connectivity index (χ4v) is 4.35. The van der Waals surface area contributed by atoms with Crippen molar-refractivity contribution in [3.8, 4) is 0 Å². The van der Waals surface area contributed by atoms with Crippen molar-refractivity contribution in [3.63, 3.8) is 0 Å². The van der Waals surface area contributed by atoms with Crippen LogP contribution in [0.1, 0.15) is 54.1 Å². The number of urea groups is 1. The molecule has 130 valence electrons. The van der Waals surface area contributed by atoms with E-state index in [2.05, 4.69) is 15.6 Å². The van der Waals surface area contributed by atoms with Crippen molar-refractivity contribution in [1.82, 2.24) is 15.6 Å². The van der Waals surface area contributed by atoms with Gasteiger partial charge >= 0.3 is 6.03 Å². The maximum atomic E-state index is 12.1. The highest BCUT2D eigenvalue weighted by Gasteiger charge is 2.24. The summed E-state index contributed by atoms with van der Waals surface area (Å²) in [5.41, 5.74) is 1.06. The van der Waals surface area contributed by atoms with Gasteiger partial charge in [0.15, 0.2) is 0 Å². The molecule has 1 fully saturated rings. The number of carbonyl (C=O) groups excluding carboxylic acids is 1. The van der Waals surface area contributed by atoms with Gasteiger partial charge in [-0.3, -0.25) is 0 Å². The van der Waals surface area contributed by atoms with Gasteiger partial charge in [-0.2, -0.15) is 0 Å². The van der Waals surface area contributed by atoms with Crippen molar-refractivity contribution in [2.75, 3.05) is 13.2 Å². The average molecular weight is 340 g/mol. The highest BCUT2D eigenvalue weighted by molar-refractivity contribution is 7.11. The molecule has 2 rings (SSSR count). The topological polar surface area (TPSA) is 74.2 Å². The van der Waals surface area contributed by atoms with E-state index in [9.17, 15) is 9.90 Å². The molecular weight excluding hydrogens is 310 g/mol. The average Bonchev–Trinajstić information content (AvgIpc) is 2.85. The summed E-state index contributed by atoms with van der Waals surface area (Å²) in [7, 11) is 0. The van der Waals surface area contributed by atoms with E-state index in [1.165, 1.54) is 24.1 Å². The zero-order valence-corrected chi connectivity index (χ0v) is 15.0. The summed E-state index contributed by atoms with van der Waals surface area (Å²) in [6, 6.07) is -0.0272. The fraction of sp³-hybridized carbons (Fsp3) is 0.765. The van der Waals surface area contributed by atoms with E-state index < -0.39 is 0 Å². The highest BCUT2D eigenvalue weighted by Crippen LogP contribution is 2.27. The van der Waals surface area contributed by atoms with E-state index in [1.807, 2.05) is 13.8 Å². The molecule has 6 heteroatoms. The molecule has 1 aromatic rings. The Labute approximate surface area is 142 Å². The van der Waals surface area contributed by atoms with Crippen molar-refractivity contribution in [2.45, 2.75) is 64.8 Å². The van der Waals surface area contributed by atoms with Crippen LogP contribution in [0.25, 0.3) is 0 Å². The molecule has 1 aliphatic rings. The number of hydrogen-bond acceptors (Lipinski definition) is 4. The smallest absolute Gasteiger partial charge is 0.315 e. The lowest BCUT2D eigenvalue weighted by atomic mass is 9.83. The lowest BCUT2D eigenvalue weighted by Gasteiger charge is -2.30. The zero-order valence-electron chi connectivity index (χ0n) is 14.2. The molecule has 0 bridgehead atoms. The Hall–Kier alpha value is -1.14. The molecule has 5 nitrogen and oxygen atoms in total. The molecule has 0 spiro atoms. The first-order valence-corrected chi connectivity index (χ1v) is 9.50. The third-order valence-electron chi connectivity index (χ3n) is 4.61. The normalized spacial score (nSPS) is 17.0. The van der Waals surface area contributed by atoms with Gasteiger partial charge in [0.2, 0.25) is 0 Å². The molecule has 1 aromatic heterocycles. The third kappa shape index (κ3) is 5.77. The minimum Gasteiger partial charge on any atom is -0.396 e. The highest BCUT2D eigenvalue weighted by atomic mass is 32.1. The number of aliphatic hydroxyl groups is 1. The van der Waals surface area contributed by atoms with Gasteiger partial charge in [-0.15, -0.1) is 11.3 Å². The number of aliphatic hydroxyl groups excluding tert-OH is 1. The largest absolute Gasteiger partial charge is 0.396 e. The van der Waals surface area contributed by atoms with Crippen molar-refractivity contribution in [3.05, 3.63) is 15.6 Å². The van der Waals surface area contributed by atoms with E-state index >= 15 is 0 Å². The van der Waals surface area contributed by atoms with Crippen LogP contribution in [0.15, 0.2) is 0 Å². The molecule has 3 N–H and O–H groups in total. The second kappa shape index (κ2) is 9.23. The van der Waals surface area contributed by atoms with Gasteiger partial charge in [0, 0.05) is 30.5 Å². The van der Waals surface area contributed by atoms with Crippen LogP contribution in [0, 0.1) is 19.8 Å². The standard InChI is InChI=1S/C17H29N3O2S/c1-12-16(23-13(2)19-12)8-10-18-17(22)20-15(9-11-21)14-6-4-3-5-7-14/h14-15,21H,3-11H2,1-2H3,(H2,18,20,22). The summed E-state index contributed by atoms with van der Waals surface area (Å²) in [5.74, 6) is 0.507. The van der Waals surface area contributed by atoms with Crippen molar-refractivity contribution in [1.29, 1.82) is 0 Å². The summed E-state index contributed by atoms with van der Waals surface area (Å²) in [6.45, 7) is 4.76. The van der Waals surface area contributed by atoms with Crippen molar-refractivity contribution in [2.24, 2.45) is 5.92 Å². The molecule has 0 aliphatic heterocycles. The number of amides is 2. The van der Waals surface area contributed by atoms with Gasteiger partial charge in [-0.05, 0) is 39.0 Å². The Morgan fingerprint density at radius 1 is 1.35 bits per heavy atom. The van der Waals surface area contributed by atoms with Crippen LogP contribution in [-0.2, 0) is 6.42 Å². The lowest BCUT2D eigenvalue weighted by molar-refractivity contribution is 0.197. The molecule has 1 heterocycles. The molecule has 1 saturated carbocycles. The predicted molar refractivity (Wildman–Crippen MR) is 93.9 cm³/mol. The predicted octanol–water partition coefficient (Wildman–Crippen LogP) is 2.93. The first-order valence-electron chi connectivity index (χ1n) is 8.68. The number of thiazole rings is 1. The van der Waals surface area contributed by atoms with Crippen molar-refractivity contribution < 1.29 is 9.90 Å². The summed E-state index contributed by atoms with van der Waals surface area (Å²) in [4.78, 5) is 17.8. The van der Waals surface area contributed by atoms with E-state index in [-0.39, 0.29) is 18.7 Å². The van der Waals surface area contributed by atoms with E-state index in [4.69, 9.17) is 0 Å². The molecule has 0 radical (unpaired) electrons. The minimum absolute atomic E-state index is 0.0904. The molecule has 0 aromatic carbocycles. The molecule has 2 amide bonds. The maximum Gasteiger partial charge on any atom is 0.315 e. The van der Waals surface area contributed by atoms with Gasteiger partial charge in [0.1, 0.15) is 0 Å². The number of nitrogens with zero attached hydrogens (tertiary/aromatic N) is 1. The number of aromatic nitrogens is 1. The van der Waals surface area contributed by atoms with Crippen LogP contribution < -0.4 is 10.6 Å². The maximum absolute atomic E-state index is 12.1. The second-order valence-corrected chi connectivity index (χ2v) is 7.70. The van der Waals surface area contributed by atoms with E-state index in [1.54, 1.807) is 11.3 Å². The fourth-order valence-electron chi connectivity index (χ4n) is 3.42. The Kier molecular flexibility index (Phi) is 7.30. The lowest BCUT2D eigenvalue weighted by Crippen LogP contribution is -2.46. The Balaban J connectivity index is 1.76. The van der Waals surface area contributed by atoms with Gasteiger partial charge < -0.3 is 15.7 Å². The first kappa shape index (κ1) is 18.2. The molecular formula is C17H29N3O2S. The summed E-state index contributed by atoms with van der Waals surface area (Å²) < 4.78 is 0. The van der Waals surface area contributed by atoms with Crippen LogP contribution in [0.4, 0.5) is 4.79 Å². The number of hydrogen-bond donors (Lipinski definition) is 3. The van der Waals surface area contributed by atoms with Gasteiger partial charge in [-0.1, -0.05) is 19.3 Å².